The van der Waals surface area contributed by atoms with Crippen LogP contribution in [-0.4, -0.2) is 25.1 Å². The highest BCUT2D eigenvalue weighted by Crippen LogP contribution is 2.23. The first-order chi connectivity index (χ1) is 9.50. The van der Waals surface area contributed by atoms with Crippen LogP contribution < -0.4 is 4.31 Å². The summed E-state index contributed by atoms with van der Waals surface area (Å²) in [5.41, 5.74) is 1.19. The second-order valence-electron chi connectivity index (χ2n) is 4.42. The van der Waals surface area contributed by atoms with Crippen molar-refractivity contribution in [1.29, 1.82) is 0 Å². The first kappa shape index (κ1) is 14.6. The van der Waals surface area contributed by atoms with Gasteiger partial charge in [0.2, 0.25) is 0 Å². The molecule has 0 aliphatic rings. The number of rotatable bonds is 5. The Labute approximate surface area is 119 Å². The molecule has 0 saturated heterocycles. The fraction of sp³-hybridized carbons (Fsp3) is 0.286. The van der Waals surface area contributed by atoms with Crippen molar-refractivity contribution in [2.75, 3.05) is 11.4 Å². The second-order valence-corrected chi connectivity index (χ2v) is 6.39. The molecule has 0 spiro atoms. The van der Waals surface area contributed by atoms with Crippen molar-refractivity contribution >= 4 is 15.7 Å². The largest absolute Gasteiger partial charge is 0.390 e. The lowest BCUT2D eigenvalue weighted by molar-refractivity contribution is 0.271. The number of hydrogen-bond acceptors (Lipinski definition) is 3. The maximum Gasteiger partial charge on any atom is 0.265 e. The summed E-state index contributed by atoms with van der Waals surface area (Å²) in [6.45, 7) is 2.33. The van der Waals surface area contributed by atoms with E-state index in [1.165, 1.54) is 17.4 Å². The van der Waals surface area contributed by atoms with Gasteiger partial charge in [-0.05, 0) is 25.1 Å². The summed E-state index contributed by atoms with van der Waals surface area (Å²) in [7, 11) is -2.09. The Morgan fingerprint density at radius 1 is 1.25 bits per heavy atom. The predicted octanol–water partition coefficient (Wildman–Crippen LogP) is 1.83. The number of aliphatic hydroxyl groups excluding tert-OH is 1. The first-order valence-corrected chi connectivity index (χ1v) is 7.78. The standard InChI is InChI=1S/C14H18N2O3S/c1-3-16-10-14(9-13(16)11-17)20(18,19)15(2)12-7-5-4-6-8-12/h4-10,17H,3,11H2,1-2H3. The lowest BCUT2D eigenvalue weighted by atomic mass is 10.3. The SMILES string of the molecule is CCn1cc(S(=O)(=O)N(C)c2ccccc2)cc1CO. The van der Waals surface area contributed by atoms with Gasteiger partial charge in [0.05, 0.1) is 12.3 Å². The second kappa shape index (κ2) is 5.68. The Hall–Kier alpha value is -1.79. The molecule has 0 radical (unpaired) electrons. The van der Waals surface area contributed by atoms with E-state index < -0.39 is 10.0 Å². The summed E-state index contributed by atoms with van der Waals surface area (Å²) in [4.78, 5) is 0.190. The maximum atomic E-state index is 12.6. The maximum absolute atomic E-state index is 12.6. The van der Waals surface area contributed by atoms with Gasteiger partial charge in [-0.1, -0.05) is 18.2 Å². The van der Waals surface area contributed by atoms with Gasteiger partial charge in [-0.3, -0.25) is 4.31 Å². The van der Waals surface area contributed by atoms with E-state index in [0.717, 1.165) is 0 Å². The van der Waals surface area contributed by atoms with Crippen LogP contribution in [0.15, 0.2) is 47.5 Å². The van der Waals surface area contributed by atoms with Crippen LogP contribution in [0, 0.1) is 0 Å². The number of para-hydroxylation sites is 1. The summed E-state index contributed by atoms with van der Waals surface area (Å²) < 4.78 is 28.1. The lowest BCUT2D eigenvalue weighted by Crippen LogP contribution is -2.26. The molecule has 0 saturated carbocycles. The van der Waals surface area contributed by atoms with Crippen LogP contribution in [0.3, 0.4) is 0 Å². The van der Waals surface area contributed by atoms with Crippen LogP contribution in [-0.2, 0) is 23.2 Å². The van der Waals surface area contributed by atoms with E-state index in [4.69, 9.17) is 0 Å². The van der Waals surface area contributed by atoms with Gasteiger partial charge in [0.15, 0.2) is 0 Å². The highest BCUT2D eigenvalue weighted by atomic mass is 32.2. The minimum absolute atomic E-state index is 0.182. The van der Waals surface area contributed by atoms with Gasteiger partial charge in [-0.2, -0.15) is 0 Å². The molecular formula is C14H18N2O3S. The molecule has 0 unspecified atom stereocenters. The summed E-state index contributed by atoms with van der Waals surface area (Å²) in [6, 6.07) is 10.4. The number of hydrogen-bond donors (Lipinski definition) is 1. The van der Waals surface area contributed by atoms with Gasteiger partial charge in [-0.25, -0.2) is 8.42 Å². The number of nitrogens with zero attached hydrogens (tertiary/aromatic N) is 2. The number of benzene rings is 1. The lowest BCUT2D eigenvalue weighted by Gasteiger charge is -2.18. The summed E-state index contributed by atoms with van der Waals surface area (Å²) in [5.74, 6) is 0. The summed E-state index contributed by atoms with van der Waals surface area (Å²) >= 11 is 0. The van der Waals surface area contributed by atoms with E-state index >= 15 is 0 Å². The molecule has 0 amide bonds. The highest BCUT2D eigenvalue weighted by Gasteiger charge is 2.23. The molecule has 1 heterocycles. The van der Waals surface area contributed by atoms with Crippen molar-refractivity contribution < 1.29 is 13.5 Å². The van der Waals surface area contributed by atoms with Gasteiger partial charge in [0, 0.05) is 25.5 Å². The molecule has 0 fully saturated rings. The zero-order chi connectivity index (χ0) is 14.8. The molecule has 0 atom stereocenters. The van der Waals surface area contributed by atoms with Gasteiger partial charge in [0.25, 0.3) is 10.0 Å². The molecule has 0 bridgehead atoms. The van der Waals surface area contributed by atoms with Crippen LogP contribution in [0.4, 0.5) is 5.69 Å². The van der Waals surface area contributed by atoms with Crippen molar-refractivity contribution in [1.82, 2.24) is 4.57 Å². The van der Waals surface area contributed by atoms with Gasteiger partial charge >= 0.3 is 0 Å². The molecule has 20 heavy (non-hydrogen) atoms. The molecule has 6 heteroatoms. The summed E-state index contributed by atoms with van der Waals surface area (Å²) in [5, 5.41) is 9.25. The van der Waals surface area contributed by atoms with Crippen molar-refractivity contribution in [3.63, 3.8) is 0 Å². The van der Waals surface area contributed by atoms with Crippen LogP contribution in [0.25, 0.3) is 0 Å². The van der Waals surface area contributed by atoms with Crippen molar-refractivity contribution in [3.8, 4) is 0 Å². The molecule has 0 aliphatic carbocycles. The van der Waals surface area contributed by atoms with Crippen molar-refractivity contribution in [2.45, 2.75) is 25.0 Å². The van der Waals surface area contributed by atoms with Crippen LogP contribution in [0.1, 0.15) is 12.6 Å². The Kier molecular flexibility index (Phi) is 4.15. The molecule has 2 aromatic rings. The minimum atomic E-state index is -3.61. The Morgan fingerprint density at radius 3 is 2.40 bits per heavy atom. The van der Waals surface area contributed by atoms with Crippen molar-refractivity contribution in [2.24, 2.45) is 0 Å². The molecule has 1 aromatic heterocycles. The Morgan fingerprint density at radius 2 is 1.90 bits per heavy atom. The third-order valence-electron chi connectivity index (χ3n) is 3.24. The fourth-order valence-corrected chi connectivity index (χ4v) is 3.29. The third kappa shape index (κ3) is 2.57. The molecule has 108 valence electrons. The zero-order valence-electron chi connectivity index (χ0n) is 11.5. The van der Waals surface area contributed by atoms with Crippen LogP contribution in [0.5, 0.6) is 0 Å². The number of sulfonamides is 1. The molecule has 0 aliphatic heterocycles. The normalized spacial score (nSPS) is 11.6. The smallest absolute Gasteiger partial charge is 0.265 e. The molecule has 1 aromatic carbocycles. The van der Waals surface area contributed by atoms with Gasteiger partial charge in [-0.15, -0.1) is 0 Å². The van der Waals surface area contributed by atoms with E-state index in [1.807, 2.05) is 13.0 Å². The molecule has 1 N–H and O–H groups in total. The number of aliphatic hydroxyl groups is 1. The monoisotopic (exact) mass is 294 g/mol. The number of anilines is 1. The van der Waals surface area contributed by atoms with E-state index in [1.54, 1.807) is 35.0 Å². The average Bonchev–Trinajstić information content (AvgIpc) is 2.91. The van der Waals surface area contributed by atoms with Crippen LogP contribution >= 0.6 is 0 Å². The topological polar surface area (TPSA) is 62.5 Å². The van der Waals surface area contributed by atoms with E-state index in [2.05, 4.69) is 0 Å². The Bertz CT molecular complexity index is 656. The number of aryl methyl sites for hydroxylation is 1. The minimum Gasteiger partial charge on any atom is -0.390 e. The van der Waals surface area contributed by atoms with Crippen molar-refractivity contribution in [3.05, 3.63) is 48.3 Å². The first-order valence-electron chi connectivity index (χ1n) is 6.34. The third-order valence-corrected chi connectivity index (χ3v) is 4.99. The van der Waals surface area contributed by atoms with E-state index in [0.29, 0.717) is 17.9 Å². The van der Waals surface area contributed by atoms with Crippen LogP contribution in [0.2, 0.25) is 0 Å². The highest BCUT2D eigenvalue weighted by molar-refractivity contribution is 7.92. The van der Waals surface area contributed by atoms with Gasteiger partial charge < -0.3 is 9.67 Å². The molecular weight excluding hydrogens is 276 g/mol. The molecule has 2 rings (SSSR count). The fourth-order valence-electron chi connectivity index (χ4n) is 2.03. The summed E-state index contributed by atoms with van der Waals surface area (Å²) in [6.07, 6.45) is 1.56. The predicted molar refractivity (Wildman–Crippen MR) is 78.1 cm³/mol. The van der Waals surface area contributed by atoms with Gasteiger partial charge in [0.1, 0.15) is 4.90 Å². The average molecular weight is 294 g/mol. The quantitative estimate of drug-likeness (QED) is 0.915. The van der Waals surface area contributed by atoms with E-state index in [9.17, 15) is 13.5 Å². The number of aromatic nitrogens is 1. The Balaban J connectivity index is 2.42. The molecule has 5 nitrogen and oxygen atoms in total. The zero-order valence-corrected chi connectivity index (χ0v) is 12.3. The van der Waals surface area contributed by atoms with E-state index in [-0.39, 0.29) is 11.5 Å².